The Morgan fingerprint density at radius 3 is 2.53 bits per heavy atom. The van der Waals surface area contributed by atoms with E-state index in [4.69, 9.17) is 5.73 Å². The highest BCUT2D eigenvalue weighted by molar-refractivity contribution is 5.56. The first-order chi connectivity index (χ1) is 6.97. The van der Waals surface area contributed by atoms with Gasteiger partial charge in [-0.25, -0.2) is 4.39 Å². The zero-order valence-corrected chi connectivity index (χ0v) is 9.84. The molecule has 2 nitrogen and oxygen atoms in total. The molecule has 0 unspecified atom stereocenters. The molecular formula is C12H19FN2. The van der Waals surface area contributed by atoms with Crippen molar-refractivity contribution in [2.75, 3.05) is 18.5 Å². The van der Waals surface area contributed by atoms with Crippen LogP contribution < -0.4 is 10.6 Å². The highest BCUT2D eigenvalue weighted by Gasteiger charge is 2.12. The summed E-state index contributed by atoms with van der Waals surface area (Å²) in [4.78, 5) is 2.07. The molecule has 0 saturated heterocycles. The van der Waals surface area contributed by atoms with Gasteiger partial charge in [-0.1, -0.05) is 0 Å². The van der Waals surface area contributed by atoms with Crippen molar-refractivity contribution in [3.63, 3.8) is 0 Å². The second kappa shape index (κ2) is 4.62. The third kappa shape index (κ3) is 2.48. The van der Waals surface area contributed by atoms with E-state index in [1.807, 2.05) is 20.0 Å². The van der Waals surface area contributed by atoms with Gasteiger partial charge in [0.2, 0.25) is 0 Å². The van der Waals surface area contributed by atoms with Crippen LogP contribution in [0, 0.1) is 12.7 Å². The van der Waals surface area contributed by atoms with Gasteiger partial charge in [0.05, 0.1) is 0 Å². The minimum atomic E-state index is -0.185. The van der Waals surface area contributed by atoms with Crippen LogP contribution in [0.4, 0.5) is 10.1 Å². The molecule has 1 aromatic carbocycles. The largest absolute Gasteiger partial charge is 0.375 e. The Morgan fingerprint density at radius 2 is 2.07 bits per heavy atom. The molecule has 0 saturated carbocycles. The van der Waals surface area contributed by atoms with Gasteiger partial charge in [-0.05, 0) is 44.0 Å². The number of aryl methyl sites for hydroxylation is 1. The minimum Gasteiger partial charge on any atom is -0.375 e. The van der Waals surface area contributed by atoms with Crippen molar-refractivity contribution in [2.45, 2.75) is 26.8 Å². The number of nitrogens with two attached hydrogens (primary N) is 1. The highest BCUT2D eigenvalue weighted by Crippen LogP contribution is 2.27. The maximum Gasteiger partial charge on any atom is 0.126 e. The van der Waals surface area contributed by atoms with Gasteiger partial charge in [0.25, 0.3) is 0 Å². The number of rotatable bonds is 3. The van der Waals surface area contributed by atoms with Gasteiger partial charge >= 0.3 is 0 Å². The number of hydrogen-bond acceptors (Lipinski definition) is 2. The predicted molar refractivity (Wildman–Crippen MR) is 62.7 cm³/mol. The molecule has 3 heteroatoms. The monoisotopic (exact) mass is 210 g/mol. The van der Waals surface area contributed by atoms with E-state index in [1.165, 1.54) is 0 Å². The summed E-state index contributed by atoms with van der Waals surface area (Å²) < 4.78 is 13.4. The normalized spacial score (nSPS) is 12.7. The van der Waals surface area contributed by atoms with Gasteiger partial charge in [0.15, 0.2) is 0 Å². The third-order valence-electron chi connectivity index (χ3n) is 2.68. The Balaban J connectivity index is 3.28. The quantitative estimate of drug-likeness (QED) is 0.831. The Morgan fingerprint density at radius 1 is 1.47 bits per heavy atom. The zero-order chi connectivity index (χ0) is 11.6. The Kier molecular flexibility index (Phi) is 3.69. The lowest BCUT2D eigenvalue weighted by molar-refractivity contribution is 0.612. The van der Waals surface area contributed by atoms with E-state index in [2.05, 4.69) is 11.8 Å². The Labute approximate surface area is 90.9 Å². The minimum absolute atomic E-state index is 0.149. The summed E-state index contributed by atoms with van der Waals surface area (Å²) in [5.74, 6) is -0.185. The van der Waals surface area contributed by atoms with Gasteiger partial charge < -0.3 is 10.6 Å². The SMILES string of the molecule is CCN(C)c1cc(C)c(F)cc1[C@H](C)N. The van der Waals surface area contributed by atoms with E-state index in [0.29, 0.717) is 5.56 Å². The molecule has 0 aliphatic rings. The third-order valence-corrected chi connectivity index (χ3v) is 2.68. The van der Waals surface area contributed by atoms with Crippen LogP contribution in [0.15, 0.2) is 12.1 Å². The van der Waals surface area contributed by atoms with E-state index in [-0.39, 0.29) is 11.9 Å². The molecule has 15 heavy (non-hydrogen) atoms. The fraction of sp³-hybridized carbons (Fsp3) is 0.500. The zero-order valence-electron chi connectivity index (χ0n) is 9.84. The van der Waals surface area contributed by atoms with Gasteiger partial charge in [-0.15, -0.1) is 0 Å². The summed E-state index contributed by atoms with van der Waals surface area (Å²) in [5, 5.41) is 0. The van der Waals surface area contributed by atoms with Crippen molar-refractivity contribution in [1.82, 2.24) is 0 Å². The summed E-state index contributed by atoms with van der Waals surface area (Å²) in [7, 11) is 1.98. The number of halogens is 1. The maximum atomic E-state index is 13.4. The molecule has 1 atom stereocenters. The molecule has 84 valence electrons. The maximum absolute atomic E-state index is 13.4. The smallest absolute Gasteiger partial charge is 0.126 e. The van der Waals surface area contributed by atoms with Gasteiger partial charge in [0, 0.05) is 25.3 Å². The van der Waals surface area contributed by atoms with Crippen LogP contribution in [0.25, 0.3) is 0 Å². The van der Waals surface area contributed by atoms with Gasteiger partial charge in [-0.2, -0.15) is 0 Å². The van der Waals surface area contributed by atoms with E-state index >= 15 is 0 Å². The summed E-state index contributed by atoms with van der Waals surface area (Å²) >= 11 is 0. The van der Waals surface area contributed by atoms with Crippen LogP contribution in [0.2, 0.25) is 0 Å². The fourth-order valence-corrected chi connectivity index (χ4v) is 1.55. The average Bonchev–Trinajstić information content (AvgIpc) is 2.20. The predicted octanol–water partition coefficient (Wildman–Crippen LogP) is 2.61. The first-order valence-corrected chi connectivity index (χ1v) is 5.24. The first-order valence-electron chi connectivity index (χ1n) is 5.24. The number of anilines is 1. The van der Waals surface area contributed by atoms with Crippen molar-refractivity contribution < 1.29 is 4.39 Å². The van der Waals surface area contributed by atoms with Crippen LogP contribution in [0.3, 0.4) is 0 Å². The molecule has 0 heterocycles. The summed E-state index contributed by atoms with van der Waals surface area (Å²) in [6, 6.07) is 3.25. The van der Waals surface area contributed by atoms with E-state index in [0.717, 1.165) is 17.8 Å². The lowest BCUT2D eigenvalue weighted by Crippen LogP contribution is -2.20. The molecular weight excluding hydrogens is 191 g/mol. The molecule has 0 bridgehead atoms. The standard InChI is InChI=1S/C12H19FN2/c1-5-15(4)12-6-8(2)11(13)7-10(12)9(3)14/h6-7,9H,5,14H2,1-4H3/t9-/m0/s1. The van der Waals surface area contributed by atoms with E-state index < -0.39 is 0 Å². The molecule has 1 rings (SSSR count). The van der Waals surface area contributed by atoms with Crippen LogP contribution in [-0.4, -0.2) is 13.6 Å². The molecule has 0 aromatic heterocycles. The molecule has 0 fully saturated rings. The fourth-order valence-electron chi connectivity index (χ4n) is 1.55. The second-order valence-corrected chi connectivity index (χ2v) is 3.96. The first kappa shape index (κ1) is 12.0. The number of nitrogens with zero attached hydrogens (tertiary/aromatic N) is 1. The summed E-state index contributed by atoms with van der Waals surface area (Å²) in [6.07, 6.45) is 0. The van der Waals surface area contributed by atoms with Crippen molar-refractivity contribution in [1.29, 1.82) is 0 Å². The second-order valence-electron chi connectivity index (χ2n) is 3.96. The summed E-state index contributed by atoms with van der Waals surface area (Å²) in [6.45, 7) is 6.58. The lowest BCUT2D eigenvalue weighted by Gasteiger charge is -2.23. The number of hydrogen-bond donors (Lipinski definition) is 1. The summed E-state index contributed by atoms with van der Waals surface area (Å²) in [5.41, 5.74) is 8.38. The molecule has 0 radical (unpaired) electrons. The molecule has 0 spiro atoms. The lowest BCUT2D eigenvalue weighted by atomic mass is 10.0. The highest BCUT2D eigenvalue weighted by atomic mass is 19.1. The van der Waals surface area contributed by atoms with Crippen molar-refractivity contribution in [3.05, 3.63) is 29.1 Å². The van der Waals surface area contributed by atoms with Crippen LogP contribution >= 0.6 is 0 Å². The van der Waals surface area contributed by atoms with Crippen molar-refractivity contribution >= 4 is 5.69 Å². The molecule has 0 aliphatic heterocycles. The molecule has 0 aliphatic carbocycles. The molecule has 0 amide bonds. The van der Waals surface area contributed by atoms with Crippen molar-refractivity contribution in [3.8, 4) is 0 Å². The number of benzene rings is 1. The topological polar surface area (TPSA) is 29.3 Å². The van der Waals surface area contributed by atoms with E-state index in [9.17, 15) is 4.39 Å². The van der Waals surface area contributed by atoms with Gasteiger partial charge in [0.1, 0.15) is 5.82 Å². The van der Waals surface area contributed by atoms with Gasteiger partial charge in [-0.3, -0.25) is 0 Å². The molecule has 1 aromatic rings. The van der Waals surface area contributed by atoms with Crippen LogP contribution in [0.5, 0.6) is 0 Å². The van der Waals surface area contributed by atoms with Crippen molar-refractivity contribution in [2.24, 2.45) is 5.73 Å². The molecule has 2 N–H and O–H groups in total. The average molecular weight is 210 g/mol. The Bertz CT molecular complexity index is 348. The van der Waals surface area contributed by atoms with Crippen LogP contribution in [0.1, 0.15) is 31.0 Å². The Hall–Kier alpha value is -1.09. The van der Waals surface area contributed by atoms with Crippen LogP contribution in [-0.2, 0) is 0 Å². The van der Waals surface area contributed by atoms with E-state index in [1.54, 1.807) is 13.0 Å².